The van der Waals surface area contributed by atoms with Crippen LogP contribution in [0.2, 0.25) is 20.1 Å². The van der Waals surface area contributed by atoms with Gasteiger partial charge in [-0.25, -0.2) is 9.59 Å². The van der Waals surface area contributed by atoms with Gasteiger partial charge in [0.2, 0.25) is 0 Å². The summed E-state index contributed by atoms with van der Waals surface area (Å²) in [4.78, 5) is 47.2. The number of hydrogen-bond acceptors (Lipinski definition) is 9. The molecule has 0 radical (unpaired) electrons. The van der Waals surface area contributed by atoms with Crippen molar-refractivity contribution in [2.24, 2.45) is 0 Å². The van der Waals surface area contributed by atoms with Crippen molar-refractivity contribution in [2.45, 2.75) is 44.7 Å². The van der Waals surface area contributed by atoms with Crippen molar-refractivity contribution in [3.63, 3.8) is 0 Å². The van der Waals surface area contributed by atoms with Crippen molar-refractivity contribution in [3.8, 4) is 0 Å². The molecule has 1 amide bonds. The van der Waals surface area contributed by atoms with Gasteiger partial charge in [-0.05, 0) is 83.4 Å². The SMILES string of the molecule is C.COC(=O)C(Cc1ccc(N)cc1)NC(=S)c1ccccc1C(F)(F)F.COC(=O)C(Cc1ccc(NC(=O)c2c(Cl)cccc2Cl)cc1)NC(=S)c1ccccc1C(F)(F)F.O=C(Cl)c1c(Cl)cccc1Cl. The average molecular weight is 1160 g/mol. The number of rotatable bonds is 13. The van der Waals surface area contributed by atoms with Gasteiger partial charge >= 0.3 is 24.3 Å². The highest BCUT2D eigenvalue weighted by Gasteiger charge is 2.36. The maximum absolute atomic E-state index is 13.4. The molecule has 6 rings (SSSR count). The predicted molar refractivity (Wildman–Crippen MR) is 287 cm³/mol. The first kappa shape index (κ1) is 62.3. The Bertz CT molecular complexity index is 2910. The van der Waals surface area contributed by atoms with Gasteiger partial charge in [0.15, 0.2) is 0 Å². The number of thiocarbonyl (C=S) groups is 2. The molecule has 74 heavy (non-hydrogen) atoms. The van der Waals surface area contributed by atoms with Gasteiger partial charge in [-0.3, -0.25) is 9.59 Å². The van der Waals surface area contributed by atoms with Gasteiger partial charge in [0.1, 0.15) is 22.1 Å². The normalized spacial score (nSPS) is 11.6. The summed E-state index contributed by atoms with van der Waals surface area (Å²) in [5, 5.41) is 8.37. The van der Waals surface area contributed by atoms with Crippen molar-refractivity contribution in [1.29, 1.82) is 0 Å². The molecule has 2 atom stereocenters. The molecule has 2 unspecified atom stereocenters. The molecule has 10 nitrogen and oxygen atoms in total. The van der Waals surface area contributed by atoms with E-state index in [0.29, 0.717) is 16.9 Å². The average Bonchev–Trinajstić information content (AvgIpc) is 3.34. The third-order valence-electron chi connectivity index (χ3n) is 9.96. The number of carbonyl (C=O) groups excluding carboxylic acids is 4. The van der Waals surface area contributed by atoms with Crippen LogP contribution in [0.25, 0.3) is 0 Å². The second kappa shape index (κ2) is 28.6. The third-order valence-corrected chi connectivity index (χ3v) is 12.1. The number of nitrogens with two attached hydrogens (primary N) is 1. The summed E-state index contributed by atoms with van der Waals surface area (Å²) in [5.41, 5.74) is 6.10. The minimum Gasteiger partial charge on any atom is -0.467 e. The van der Waals surface area contributed by atoms with Crippen LogP contribution in [0.3, 0.4) is 0 Å². The van der Waals surface area contributed by atoms with E-state index in [4.69, 9.17) is 97.6 Å². The maximum atomic E-state index is 13.4. The topological polar surface area (TPSA) is 149 Å². The lowest BCUT2D eigenvalue weighted by molar-refractivity contribution is -0.143. The summed E-state index contributed by atoms with van der Waals surface area (Å²) in [6.45, 7) is 0. The number of carbonyl (C=O) groups is 4. The second-order valence-electron chi connectivity index (χ2n) is 15.0. The monoisotopic (exact) mass is 1160 g/mol. The highest BCUT2D eigenvalue weighted by molar-refractivity contribution is 7.81. The maximum Gasteiger partial charge on any atom is 0.417 e. The van der Waals surface area contributed by atoms with Crippen molar-refractivity contribution in [1.82, 2.24) is 10.6 Å². The van der Waals surface area contributed by atoms with Gasteiger partial charge in [0, 0.05) is 35.3 Å². The molecule has 6 aromatic rings. The van der Waals surface area contributed by atoms with E-state index in [0.717, 1.165) is 17.7 Å². The number of anilines is 2. The summed E-state index contributed by atoms with van der Waals surface area (Å²) >= 11 is 38.9. The summed E-state index contributed by atoms with van der Waals surface area (Å²) in [7, 11) is 2.37. The van der Waals surface area contributed by atoms with Crippen LogP contribution in [0.1, 0.15) is 61.5 Å². The van der Waals surface area contributed by atoms with E-state index >= 15 is 0 Å². The van der Waals surface area contributed by atoms with Gasteiger partial charge in [-0.15, -0.1) is 0 Å². The summed E-state index contributed by atoms with van der Waals surface area (Å²) in [5.74, 6) is -1.83. The Balaban J connectivity index is 0.000000330. The first-order chi connectivity index (χ1) is 34.4. The largest absolute Gasteiger partial charge is 0.467 e. The second-order valence-corrected chi connectivity index (χ2v) is 17.7. The van der Waals surface area contributed by atoms with Crippen molar-refractivity contribution in [2.75, 3.05) is 25.3 Å². The lowest BCUT2D eigenvalue weighted by atomic mass is 10.0. The molecule has 0 saturated carbocycles. The number of methoxy groups -OCH3 is 2. The Labute approximate surface area is 457 Å². The Kier molecular flexibility index (Phi) is 24.1. The zero-order valence-corrected chi connectivity index (χ0v) is 43.2. The van der Waals surface area contributed by atoms with E-state index in [1.54, 1.807) is 84.9 Å². The number of hydrogen-bond donors (Lipinski definition) is 4. The van der Waals surface area contributed by atoms with Crippen molar-refractivity contribution < 1.29 is 55.0 Å². The number of ether oxygens (including phenoxy) is 2. The van der Waals surface area contributed by atoms with E-state index in [2.05, 4.69) is 16.0 Å². The molecule has 0 aliphatic rings. The number of nitrogens with one attached hydrogen (secondary N) is 3. The summed E-state index contributed by atoms with van der Waals surface area (Å²) < 4.78 is 89.2. The molecule has 0 aliphatic carbocycles. The first-order valence-corrected chi connectivity index (χ1v) is 23.5. The highest BCUT2D eigenvalue weighted by Crippen LogP contribution is 2.34. The zero-order chi connectivity index (χ0) is 54.2. The molecule has 0 aliphatic heterocycles. The minimum atomic E-state index is -4.61. The highest BCUT2D eigenvalue weighted by atomic mass is 35.5. The molecular formula is C51H43Cl5F6N4O6S2. The van der Waals surface area contributed by atoms with E-state index in [1.165, 1.54) is 50.6 Å². The fraction of sp³-hybridized carbons (Fsp3) is 0.176. The van der Waals surface area contributed by atoms with Crippen LogP contribution in [0.5, 0.6) is 0 Å². The lowest BCUT2D eigenvalue weighted by Gasteiger charge is -2.20. The molecule has 0 aromatic heterocycles. The molecule has 0 spiro atoms. The molecule has 0 heterocycles. The number of halogens is 11. The minimum absolute atomic E-state index is 0. The number of benzene rings is 6. The third kappa shape index (κ3) is 18.1. The van der Waals surface area contributed by atoms with Crippen LogP contribution in [0.15, 0.2) is 133 Å². The molecule has 392 valence electrons. The van der Waals surface area contributed by atoms with Crippen molar-refractivity contribution in [3.05, 3.63) is 198 Å². The Hall–Kier alpha value is -5.99. The molecule has 5 N–H and O–H groups in total. The zero-order valence-electron chi connectivity index (χ0n) is 37.8. The Morgan fingerprint density at radius 1 is 0.554 bits per heavy atom. The molecule has 0 saturated heterocycles. The van der Waals surface area contributed by atoms with Crippen LogP contribution in [0, 0.1) is 0 Å². The van der Waals surface area contributed by atoms with E-state index in [1.807, 2.05) is 0 Å². The van der Waals surface area contributed by atoms with E-state index in [-0.39, 0.29) is 72.6 Å². The molecule has 0 bridgehead atoms. The van der Waals surface area contributed by atoms with Crippen LogP contribution >= 0.6 is 82.4 Å². The Morgan fingerprint density at radius 3 is 1.24 bits per heavy atom. The molecular weight excluding hydrogens is 1120 g/mol. The number of esters is 2. The quantitative estimate of drug-likeness (QED) is 0.0288. The summed E-state index contributed by atoms with van der Waals surface area (Å²) in [6, 6.07) is 30.5. The van der Waals surface area contributed by atoms with Crippen LogP contribution in [0.4, 0.5) is 37.7 Å². The number of alkyl halides is 6. The van der Waals surface area contributed by atoms with Gasteiger partial charge < -0.3 is 31.2 Å². The molecule has 6 aromatic carbocycles. The van der Waals surface area contributed by atoms with Gasteiger partial charge in [-0.2, -0.15) is 26.3 Å². The fourth-order valence-electron chi connectivity index (χ4n) is 6.44. The van der Waals surface area contributed by atoms with E-state index < -0.39 is 58.7 Å². The lowest BCUT2D eigenvalue weighted by Crippen LogP contribution is -2.43. The number of amides is 1. The van der Waals surface area contributed by atoms with Crippen LogP contribution in [-0.2, 0) is 44.3 Å². The van der Waals surface area contributed by atoms with Gasteiger partial charge in [0.25, 0.3) is 11.1 Å². The smallest absolute Gasteiger partial charge is 0.417 e. The fourth-order valence-corrected chi connectivity index (χ4v) is 8.52. The standard InChI is InChI=1S/C25H19Cl2F3N2O3S.C18H17F3N2O2S.C7H3Cl3O.CH4/c1-35-24(34)20(32-23(36)16-5-2-3-6-17(16)25(28,29)30)13-14-9-11-15(12-10-14)31-22(33)21-18(26)7-4-8-19(21)27;1-25-17(24)15(10-11-6-8-12(22)9-7-11)23-16(26)13-4-2-3-5-14(13)18(19,20)21;8-4-2-1-3-5(9)6(4)7(10)11;/h2-12,20H,13H2,1H3,(H,31,33)(H,32,36);2-9,15H,10,22H2,1H3,(H,23,26);1-3H;1H4. The van der Waals surface area contributed by atoms with Gasteiger partial charge in [0.05, 0.1) is 56.6 Å². The van der Waals surface area contributed by atoms with Crippen LogP contribution in [-0.4, -0.2) is 59.4 Å². The number of nitrogen functional groups attached to an aromatic ring is 1. The van der Waals surface area contributed by atoms with Crippen LogP contribution < -0.4 is 21.7 Å². The summed E-state index contributed by atoms with van der Waals surface area (Å²) in [6.07, 6.45) is -8.93. The van der Waals surface area contributed by atoms with E-state index in [9.17, 15) is 45.5 Å². The molecule has 0 fully saturated rings. The van der Waals surface area contributed by atoms with Crippen molar-refractivity contribution >= 4 is 127 Å². The van der Waals surface area contributed by atoms with Gasteiger partial charge in [-0.1, -0.05) is 151 Å². The molecule has 23 heteroatoms. The predicted octanol–water partition coefficient (Wildman–Crippen LogP) is 13.7. The first-order valence-electron chi connectivity index (χ1n) is 20.8. The Morgan fingerprint density at radius 2 is 0.905 bits per heavy atom.